The summed E-state index contributed by atoms with van der Waals surface area (Å²) in [5.41, 5.74) is 7.53. The largest absolute Gasteiger partial charge is 0.368 e. The van der Waals surface area contributed by atoms with Crippen LogP contribution in [0.1, 0.15) is 30.0 Å². The molecule has 1 saturated heterocycles. The second-order valence-electron chi connectivity index (χ2n) is 5.05. The second kappa shape index (κ2) is 4.84. The normalized spacial score (nSPS) is 23.1. The SMILES string of the molecule is Cc1cc(=O)[nH]c2nc(N)nc(C3CCOC(O)C3)c12. The number of ether oxygens (including phenoxy) is 1. The first-order chi connectivity index (χ1) is 9.54. The van der Waals surface area contributed by atoms with Crippen LogP contribution in [-0.4, -0.2) is 33.0 Å². The highest BCUT2D eigenvalue weighted by atomic mass is 16.6. The van der Waals surface area contributed by atoms with Gasteiger partial charge in [-0.25, -0.2) is 4.98 Å². The maximum absolute atomic E-state index is 11.5. The number of aromatic nitrogens is 3. The molecule has 0 aromatic carbocycles. The van der Waals surface area contributed by atoms with Gasteiger partial charge in [-0.3, -0.25) is 4.79 Å². The molecule has 0 saturated carbocycles. The van der Waals surface area contributed by atoms with Gasteiger partial charge in [0.25, 0.3) is 0 Å². The van der Waals surface area contributed by atoms with Gasteiger partial charge in [0, 0.05) is 23.8 Å². The Balaban J connectivity index is 2.21. The van der Waals surface area contributed by atoms with Gasteiger partial charge in [0.05, 0.1) is 12.3 Å². The van der Waals surface area contributed by atoms with E-state index >= 15 is 0 Å². The van der Waals surface area contributed by atoms with Crippen LogP contribution in [0.4, 0.5) is 5.95 Å². The fourth-order valence-electron chi connectivity index (χ4n) is 2.72. The third-order valence-electron chi connectivity index (χ3n) is 3.59. The van der Waals surface area contributed by atoms with E-state index in [1.54, 1.807) is 0 Å². The van der Waals surface area contributed by atoms with E-state index in [0.717, 1.165) is 23.1 Å². The standard InChI is InChI=1S/C13H16N4O3/c1-6-4-8(18)15-12-10(6)11(16-13(14)17-12)7-2-3-20-9(19)5-7/h4,7,9,19H,2-3,5H2,1H3,(H3,14,15,16,17,18). The first-order valence-corrected chi connectivity index (χ1v) is 6.51. The zero-order valence-electron chi connectivity index (χ0n) is 11.1. The van der Waals surface area contributed by atoms with Gasteiger partial charge in [0.1, 0.15) is 5.65 Å². The Morgan fingerprint density at radius 2 is 2.30 bits per heavy atom. The fraction of sp³-hybridized carbons (Fsp3) is 0.462. The van der Waals surface area contributed by atoms with Crippen molar-refractivity contribution in [3.63, 3.8) is 0 Å². The Labute approximate surface area is 114 Å². The van der Waals surface area contributed by atoms with Crippen LogP contribution in [0.5, 0.6) is 0 Å². The lowest BCUT2D eigenvalue weighted by Crippen LogP contribution is -2.25. The number of hydrogen-bond acceptors (Lipinski definition) is 6. The predicted octanol–water partition coefficient (Wildman–Crippen LogP) is 0.421. The Morgan fingerprint density at radius 3 is 3.05 bits per heavy atom. The van der Waals surface area contributed by atoms with Crippen molar-refractivity contribution >= 4 is 17.0 Å². The summed E-state index contributed by atoms with van der Waals surface area (Å²) in [5.74, 6) is 0.158. The molecule has 0 spiro atoms. The molecule has 0 amide bonds. The predicted molar refractivity (Wildman–Crippen MR) is 73.2 cm³/mol. The first-order valence-electron chi connectivity index (χ1n) is 6.51. The van der Waals surface area contributed by atoms with Crippen molar-refractivity contribution < 1.29 is 9.84 Å². The molecule has 1 aliphatic rings. The molecule has 2 unspecified atom stereocenters. The fourth-order valence-corrected chi connectivity index (χ4v) is 2.72. The van der Waals surface area contributed by atoms with E-state index in [-0.39, 0.29) is 17.4 Å². The number of aryl methyl sites for hydroxylation is 1. The van der Waals surface area contributed by atoms with Gasteiger partial charge in [-0.2, -0.15) is 4.98 Å². The van der Waals surface area contributed by atoms with Crippen molar-refractivity contribution in [3.05, 3.63) is 27.7 Å². The van der Waals surface area contributed by atoms with E-state index in [4.69, 9.17) is 10.5 Å². The first kappa shape index (κ1) is 13.0. The van der Waals surface area contributed by atoms with Gasteiger partial charge >= 0.3 is 0 Å². The van der Waals surface area contributed by atoms with Gasteiger partial charge in [-0.15, -0.1) is 0 Å². The summed E-state index contributed by atoms with van der Waals surface area (Å²) in [5, 5.41) is 10.4. The number of nitrogen functional groups attached to an aromatic ring is 1. The summed E-state index contributed by atoms with van der Waals surface area (Å²) >= 11 is 0. The van der Waals surface area contributed by atoms with Crippen LogP contribution >= 0.6 is 0 Å². The van der Waals surface area contributed by atoms with Crippen LogP contribution in [-0.2, 0) is 4.74 Å². The van der Waals surface area contributed by atoms with Crippen LogP contribution < -0.4 is 11.3 Å². The molecule has 2 aromatic rings. The van der Waals surface area contributed by atoms with E-state index in [1.165, 1.54) is 6.07 Å². The van der Waals surface area contributed by atoms with Crippen LogP contribution in [0.15, 0.2) is 10.9 Å². The number of anilines is 1. The highest BCUT2D eigenvalue weighted by Crippen LogP contribution is 2.33. The number of aromatic amines is 1. The smallest absolute Gasteiger partial charge is 0.249 e. The summed E-state index contributed by atoms with van der Waals surface area (Å²) in [6.45, 7) is 2.32. The Kier molecular flexibility index (Phi) is 3.15. The molecule has 3 rings (SSSR count). The van der Waals surface area contributed by atoms with E-state index < -0.39 is 6.29 Å². The second-order valence-corrected chi connectivity index (χ2v) is 5.05. The number of aliphatic hydroxyl groups is 1. The Morgan fingerprint density at radius 1 is 1.50 bits per heavy atom. The molecular formula is C13H16N4O3. The number of pyridine rings is 1. The molecule has 0 aliphatic carbocycles. The zero-order chi connectivity index (χ0) is 14.3. The molecule has 3 heterocycles. The van der Waals surface area contributed by atoms with E-state index in [2.05, 4.69) is 15.0 Å². The van der Waals surface area contributed by atoms with Gasteiger partial charge < -0.3 is 20.6 Å². The van der Waals surface area contributed by atoms with Crippen LogP contribution in [0.3, 0.4) is 0 Å². The Bertz CT molecular complexity index is 713. The lowest BCUT2D eigenvalue weighted by atomic mass is 9.92. The minimum Gasteiger partial charge on any atom is -0.368 e. The summed E-state index contributed by atoms with van der Waals surface area (Å²) < 4.78 is 5.14. The number of fused-ring (bicyclic) bond motifs is 1. The maximum atomic E-state index is 11.5. The van der Waals surface area contributed by atoms with Crippen molar-refractivity contribution in [2.24, 2.45) is 0 Å². The third kappa shape index (κ3) is 2.25. The molecule has 4 N–H and O–H groups in total. The number of nitrogens with zero attached hydrogens (tertiary/aromatic N) is 2. The van der Waals surface area contributed by atoms with Crippen LogP contribution in [0.2, 0.25) is 0 Å². The molecule has 0 radical (unpaired) electrons. The van der Waals surface area contributed by atoms with Crippen molar-refractivity contribution in [1.82, 2.24) is 15.0 Å². The molecule has 2 atom stereocenters. The molecular weight excluding hydrogens is 260 g/mol. The highest BCUT2D eigenvalue weighted by Gasteiger charge is 2.26. The number of aliphatic hydroxyl groups excluding tert-OH is 1. The number of H-pyrrole nitrogens is 1. The number of nitrogens with two attached hydrogens (primary N) is 1. The minimum absolute atomic E-state index is 0.0381. The summed E-state index contributed by atoms with van der Waals surface area (Å²) in [6, 6.07) is 1.52. The molecule has 0 bridgehead atoms. The summed E-state index contributed by atoms with van der Waals surface area (Å²) in [4.78, 5) is 22.6. The molecule has 2 aromatic heterocycles. The minimum atomic E-state index is -0.789. The monoisotopic (exact) mass is 276 g/mol. The third-order valence-corrected chi connectivity index (χ3v) is 3.59. The van der Waals surface area contributed by atoms with Crippen LogP contribution in [0, 0.1) is 6.92 Å². The molecule has 1 fully saturated rings. The average molecular weight is 276 g/mol. The summed E-state index contributed by atoms with van der Waals surface area (Å²) in [7, 11) is 0. The maximum Gasteiger partial charge on any atom is 0.249 e. The molecule has 7 nitrogen and oxygen atoms in total. The summed E-state index contributed by atoms with van der Waals surface area (Å²) in [6.07, 6.45) is 0.425. The van der Waals surface area contributed by atoms with E-state index in [1.807, 2.05) is 6.92 Å². The number of nitrogens with one attached hydrogen (secondary N) is 1. The quantitative estimate of drug-likeness (QED) is 0.695. The number of rotatable bonds is 1. The highest BCUT2D eigenvalue weighted by molar-refractivity contribution is 5.82. The van der Waals surface area contributed by atoms with Gasteiger partial charge in [0.15, 0.2) is 6.29 Å². The molecule has 1 aliphatic heterocycles. The van der Waals surface area contributed by atoms with Crippen molar-refractivity contribution in [2.45, 2.75) is 32.0 Å². The van der Waals surface area contributed by atoms with E-state index in [9.17, 15) is 9.90 Å². The van der Waals surface area contributed by atoms with Gasteiger partial charge in [-0.1, -0.05) is 0 Å². The van der Waals surface area contributed by atoms with Gasteiger partial charge in [0.2, 0.25) is 11.5 Å². The van der Waals surface area contributed by atoms with Crippen LogP contribution in [0.25, 0.3) is 11.0 Å². The Hall–Kier alpha value is -1.99. The number of hydrogen-bond donors (Lipinski definition) is 3. The molecule has 20 heavy (non-hydrogen) atoms. The zero-order valence-corrected chi connectivity index (χ0v) is 11.1. The lowest BCUT2D eigenvalue weighted by Gasteiger charge is -2.26. The van der Waals surface area contributed by atoms with Crippen molar-refractivity contribution in [2.75, 3.05) is 12.3 Å². The van der Waals surface area contributed by atoms with Crippen molar-refractivity contribution in [1.29, 1.82) is 0 Å². The van der Waals surface area contributed by atoms with E-state index in [0.29, 0.717) is 18.7 Å². The average Bonchev–Trinajstić information content (AvgIpc) is 2.36. The van der Waals surface area contributed by atoms with Crippen molar-refractivity contribution in [3.8, 4) is 0 Å². The lowest BCUT2D eigenvalue weighted by molar-refractivity contribution is -0.129. The topological polar surface area (TPSA) is 114 Å². The molecule has 106 valence electrons. The van der Waals surface area contributed by atoms with Gasteiger partial charge in [-0.05, 0) is 18.9 Å². The molecule has 7 heteroatoms.